The van der Waals surface area contributed by atoms with Crippen molar-refractivity contribution in [3.8, 4) is 5.75 Å². The maximum absolute atomic E-state index is 13.0. The molecule has 0 N–H and O–H groups in total. The predicted molar refractivity (Wildman–Crippen MR) is 96.9 cm³/mol. The van der Waals surface area contributed by atoms with Crippen molar-refractivity contribution in [2.75, 3.05) is 27.3 Å². The number of esters is 1. The summed E-state index contributed by atoms with van der Waals surface area (Å²) in [5.74, 6) is -0.574. The van der Waals surface area contributed by atoms with E-state index in [1.165, 1.54) is 24.2 Å². The lowest BCUT2D eigenvalue weighted by atomic mass is 10.1. The Bertz CT molecular complexity index is 883. The lowest BCUT2D eigenvalue weighted by Gasteiger charge is -2.27. The second kappa shape index (κ2) is 8.03. The minimum absolute atomic E-state index is 0.00900. The van der Waals surface area contributed by atoms with Crippen molar-refractivity contribution in [2.24, 2.45) is 0 Å². The van der Waals surface area contributed by atoms with E-state index in [9.17, 15) is 14.4 Å². The Morgan fingerprint density at radius 3 is 2.56 bits per heavy atom. The number of hydrogen-bond acceptors (Lipinski definition) is 6. The molecule has 1 fully saturated rings. The van der Waals surface area contributed by atoms with E-state index in [0.29, 0.717) is 30.8 Å². The monoisotopic (exact) mass is 371 g/mol. The maximum Gasteiger partial charge on any atom is 0.306 e. The zero-order chi connectivity index (χ0) is 19.4. The first-order valence-corrected chi connectivity index (χ1v) is 8.68. The minimum atomic E-state index is -0.457. The first kappa shape index (κ1) is 18.6. The average molecular weight is 371 g/mol. The molecule has 142 valence electrons. The number of methoxy groups -OCH3 is 2. The molecule has 27 heavy (non-hydrogen) atoms. The molecule has 2 heterocycles. The van der Waals surface area contributed by atoms with Crippen LogP contribution in [0, 0.1) is 0 Å². The van der Waals surface area contributed by atoms with E-state index in [4.69, 9.17) is 4.74 Å². The summed E-state index contributed by atoms with van der Waals surface area (Å²) in [7, 11) is 2.81. The highest BCUT2D eigenvalue weighted by molar-refractivity contribution is 5.98. The number of amides is 2. The summed E-state index contributed by atoms with van der Waals surface area (Å²) in [6.07, 6.45) is 0.640. The Hall–Kier alpha value is -3.16. The number of rotatable bonds is 5. The standard InChI is InChI=1S/C19H21N3O5/c1-26-16-12-15(20-14-7-4-3-6-13(14)16)19(25)22-11-5-10-21(22)17(23)8-9-18(24)27-2/h3-4,6-7,12H,5,8-11H2,1-2H3. The third-order valence-corrected chi connectivity index (χ3v) is 4.44. The fraction of sp³-hybridized carbons (Fsp3) is 0.368. The van der Waals surface area contributed by atoms with Gasteiger partial charge in [-0.3, -0.25) is 19.4 Å². The van der Waals surface area contributed by atoms with Gasteiger partial charge in [0.15, 0.2) is 0 Å². The molecule has 2 aromatic rings. The lowest BCUT2D eigenvalue weighted by Crippen LogP contribution is -2.45. The SMILES string of the molecule is COC(=O)CCC(=O)N1CCCN1C(=O)c1cc(OC)c2ccccc2n1. The number of pyridine rings is 1. The normalized spacial score (nSPS) is 13.7. The molecule has 0 saturated carbocycles. The van der Waals surface area contributed by atoms with Gasteiger partial charge >= 0.3 is 5.97 Å². The smallest absolute Gasteiger partial charge is 0.306 e. The lowest BCUT2D eigenvalue weighted by molar-refractivity contribution is -0.146. The Labute approximate surface area is 156 Å². The van der Waals surface area contributed by atoms with Gasteiger partial charge in [-0.05, 0) is 18.6 Å². The van der Waals surface area contributed by atoms with Crippen LogP contribution in [0.15, 0.2) is 30.3 Å². The van der Waals surface area contributed by atoms with Crippen molar-refractivity contribution < 1.29 is 23.9 Å². The highest BCUT2D eigenvalue weighted by Crippen LogP contribution is 2.26. The van der Waals surface area contributed by atoms with Crippen LogP contribution >= 0.6 is 0 Å². The van der Waals surface area contributed by atoms with E-state index < -0.39 is 5.97 Å². The molecule has 1 aromatic heterocycles. The van der Waals surface area contributed by atoms with E-state index in [0.717, 1.165) is 5.39 Å². The molecule has 0 atom stereocenters. The summed E-state index contributed by atoms with van der Waals surface area (Å²) in [6.45, 7) is 0.843. The summed E-state index contributed by atoms with van der Waals surface area (Å²) in [6, 6.07) is 8.96. The fourth-order valence-corrected chi connectivity index (χ4v) is 3.08. The molecular weight excluding hydrogens is 350 g/mol. The zero-order valence-electron chi connectivity index (χ0n) is 15.3. The van der Waals surface area contributed by atoms with Crippen molar-refractivity contribution in [1.29, 1.82) is 0 Å². The summed E-state index contributed by atoms with van der Waals surface area (Å²) < 4.78 is 9.95. The number of carbonyl (C=O) groups excluding carboxylic acids is 3. The van der Waals surface area contributed by atoms with E-state index in [2.05, 4.69) is 9.72 Å². The van der Waals surface area contributed by atoms with Gasteiger partial charge in [0.2, 0.25) is 5.91 Å². The molecule has 0 unspecified atom stereocenters. The van der Waals surface area contributed by atoms with Gasteiger partial charge < -0.3 is 9.47 Å². The van der Waals surface area contributed by atoms with Crippen molar-refractivity contribution in [2.45, 2.75) is 19.3 Å². The number of ether oxygens (including phenoxy) is 2. The third kappa shape index (κ3) is 3.84. The molecule has 8 heteroatoms. The number of hydrazine groups is 1. The number of carbonyl (C=O) groups is 3. The highest BCUT2D eigenvalue weighted by Gasteiger charge is 2.32. The van der Waals surface area contributed by atoms with Gasteiger partial charge in [0, 0.05) is 31.0 Å². The number of aromatic nitrogens is 1. The molecule has 0 aliphatic carbocycles. The third-order valence-electron chi connectivity index (χ3n) is 4.44. The summed E-state index contributed by atoms with van der Waals surface area (Å²) >= 11 is 0. The van der Waals surface area contributed by atoms with Crippen LogP contribution in [0.3, 0.4) is 0 Å². The first-order valence-electron chi connectivity index (χ1n) is 8.68. The van der Waals surface area contributed by atoms with Crippen LogP contribution in [-0.2, 0) is 14.3 Å². The number of nitrogens with zero attached hydrogens (tertiary/aromatic N) is 3. The Balaban J connectivity index is 1.83. The second-order valence-electron chi connectivity index (χ2n) is 6.10. The first-order chi connectivity index (χ1) is 13.0. The fourth-order valence-electron chi connectivity index (χ4n) is 3.08. The summed E-state index contributed by atoms with van der Waals surface area (Å²) in [5.41, 5.74) is 0.848. The number of hydrogen-bond donors (Lipinski definition) is 0. The van der Waals surface area contributed by atoms with Crippen molar-refractivity contribution in [3.63, 3.8) is 0 Å². The molecule has 1 aromatic carbocycles. The van der Waals surface area contributed by atoms with Crippen LogP contribution in [0.1, 0.15) is 29.8 Å². The van der Waals surface area contributed by atoms with Gasteiger partial charge in [0.1, 0.15) is 11.4 Å². The topological polar surface area (TPSA) is 89.0 Å². The van der Waals surface area contributed by atoms with E-state index >= 15 is 0 Å². The van der Waals surface area contributed by atoms with Gasteiger partial charge in [-0.2, -0.15) is 0 Å². The predicted octanol–water partition coefficient (Wildman–Crippen LogP) is 1.79. The van der Waals surface area contributed by atoms with Crippen LogP contribution in [0.25, 0.3) is 10.9 Å². The molecule has 0 radical (unpaired) electrons. The minimum Gasteiger partial charge on any atom is -0.496 e. The Morgan fingerprint density at radius 1 is 1.07 bits per heavy atom. The van der Waals surface area contributed by atoms with Crippen LogP contribution in [0.4, 0.5) is 0 Å². The van der Waals surface area contributed by atoms with Gasteiger partial charge in [-0.1, -0.05) is 12.1 Å². The second-order valence-corrected chi connectivity index (χ2v) is 6.10. The molecule has 8 nitrogen and oxygen atoms in total. The average Bonchev–Trinajstić information content (AvgIpc) is 3.20. The molecule has 0 bridgehead atoms. The molecule has 3 rings (SSSR count). The molecule has 1 aliphatic rings. The molecule has 2 amide bonds. The molecular formula is C19H21N3O5. The van der Waals surface area contributed by atoms with Crippen LogP contribution in [-0.4, -0.2) is 60.1 Å². The van der Waals surface area contributed by atoms with E-state index in [1.54, 1.807) is 12.1 Å². The summed E-state index contributed by atoms with van der Waals surface area (Å²) in [5, 5.41) is 3.58. The molecule has 1 saturated heterocycles. The Morgan fingerprint density at radius 2 is 1.81 bits per heavy atom. The van der Waals surface area contributed by atoms with Crippen molar-refractivity contribution >= 4 is 28.7 Å². The Kier molecular flexibility index (Phi) is 5.54. The van der Waals surface area contributed by atoms with E-state index in [1.807, 2.05) is 18.2 Å². The molecule has 0 spiro atoms. The summed E-state index contributed by atoms with van der Waals surface area (Å²) in [4.78, 5) is 41.1. The van der Waals surface area contributed by atoms with Gasteiger partial charge in [-0.25, -0.2) is 9.99 Å². The number of benzene rings is 1. The van der Waals surface area contributed by atoms with Gasteiger partial charge in [-0.15, -0.1) is 0 Å². The number of fused-ring (bicyclic) bond motifs is 1. The van der Waals surface area contributed by atoms with Crippen LogP contribution in [0.5, 0.6) is 5.75 Å². The number of para-hydroxylation sites is 1. The largest absolute Gasteiger partial charge is 0.496 e. The van der Waals surface area contributed by atoms with Crippen molar-refractivity contribution in [3.05, 3.63) is 36.0 Å². The highest BCUT2D eigenvalue weighted by atomic mass is 16.5. The van der Waals surface area contributed by atoms with Crippen LogP contribution < -0.4 is 4.74 Å². The van der Waals surface area contributed by atoms with Crippen molar-refractivity contribution in [1.82, 2.24) is 15.0 Å². The maximum atomic E-state index is 13.0. The van der Waals surface area contributed by atoms with Gasteiger partial charge in [0.05, 0.1) is 26.2 Å². The zero-order valence-corrected chi connectivity index (χ0v) is 15.3. The van der Waals surface area contributed by atoms with Gasteiger partial charge in [0.25, 0.3) is 5.91 Å². The van der Waals surface area contributed by atoms with Crippen LogP contribution in [0.2, 0.25) is 0 Å². The van der Waals surface area contributed by atoms with E-state index in [-0.39, 0.29) is 30.3 Å². The quantitative estimate of drug-likeness (QED) is 0.745. The molecule has 1 aliphatic heterocycles.